The van der Waals surface area contributed by atoms with Crippen molar-refractivity contribution in [3.05, 3.63) is 71.8 Å². The van der Waals surface area contributed by atoms with Crippen LogP contribution in [0.1, 0.15) is 30.9 Å². The summed E-state index contributed by atoms with van der Waals surface area (Å²) >= 11 is 0. The first-order valence-corrected chi connectivity index (χ1v) is 7.90. The highest BCUT2D eigenvalue weighted by atomic mass is 15.2. The van der Waals surface area contributed by atoms with Gasteiger partial charge in [-0.25, -0.2) is 0 Å². The third kappa shape index (κ3) is 4.16. The Morgan fingerprint density at radius 3 is 2.10 bits per heavy atom. The molecule has 21 heavy (non-hydrogen) atoms. The van der Waals surface area contributed by atoms with Crippen LogP contribution in [0.15, 0.2) is 60.7 Å². The molecule has 112 valence electrons. The molecular formula is C19H26N2. The molecule has 0 saturated carbocycles. The van der Waals surface area contributed by atoms with Crippen LogP contribution < -0.4 is 5.73 Å². The van der Waals surface area contributed by atoms with E-state index < -0.39 is 0 Å². The SMILES string of the molecule is CC.NC1CN(Cc2ccccc2)CC1c1ccccc1. The predicted octanol–water partition coefficient (Wildman–Crippen LogP) is 3.64. The molecule has 1 heterocycles. The zero-order valence-electron chi connectivity index (χ0n) is 13.1. The normalized spacial score (nSPS) is 21.7. The van der Waals surface area contributed by atoms with Gasteiger partial charge in [0.2, 0.25) is 0 Å². The highest BCUT2D eigenvalue weighted by molar-refractivity contribution is 5.24. The van der Waals surface area contributed by atoms with Gasteiger partial charge in [-0.05, 0) is 11.1 Å². The van der Waals surface area contributed by atoms with Gasteiger partial charge in [0.25, 0.3) is 0 Å². The van der Waals surface area contributed by atoms with Gasteiger partial charge in [-0.15, -0.1) is 0 Å². The molecule has 2 nitrogen and oxygen atoms in total. The van der Waals surface area contributed by atoms with Crippen LogP contribution in [0.25, 0.3) is 0 Å². The molecule has 2 N–H and O–H groups in total. The Labute approximate surface area is 128 Å². The highest BCUT2D eigenvalue weighted by Gasteiger charge is 2.30. The lowest BCUT2D eigenvalue weighted by atomic mass is 9.95. The molecule has 0 amide bonds. The van der Waals surface area contributed by atoms with Gasteiger partial charge in [-0.2, -0.15) is 0 Å². The molecule has 1 saturated heterocycles. The van der Waals surface area contributed by atoms with Gasteiger partial charge in [0.1, 0.15) is 0 Å². The molecule has 0 spiro atoms. The van der Waals surface area contributed by atoms with Crippen molar-refractivity contribution in [1.29, 1.82) is 0 Å². The summed E-state index contributed by atoms with van der Waals surface area (Å²) in [7, 11) is 0. The Hall–Kier alpha value is -1.64. The van der Waals surface area contributed by atoms with Crippen LogP contribution in [-0.4, -0.2) is 24.0 Å². The van der Waals surface area contributed by atoms with Gasteiger partial charge in [0.15, 0.2) is 0 Å². The molecule has 1 fully saturated rings. The van der Waals surface area contributed by atoms with Crippen molar-refractivity contribution in [3.8, 4) is 0 Å². The first-order valence-electron chi connectivity index (χ1n) is 7.90. The number of likely N-dealkylation sites (tertiary alicyclic amines) is 1. The Bertz CT molecular complexity index is 510. The lowest BCUT2D eigenvalue weighted by molar-refractivity contribution is 0.324. The molecule has 1 aliphatic heterocycles. The molecule has 0 bridgehead atoms. The van der Waals surface area contributed by atoms with E-state index in [0.717, 1.165) is 19.6 Å². The molecule has 3 rings (SSSR count). The van der Waals surface area contributed by atoms with Crippen LogP contribution in [0.4, 0.5) is 0 Å². The van der Waals surface area contributed by atoms with Crippen LogP contribution in [0.3, 0.4) is 0 Å². The predicted molar refractivity (Wildman–Crippen MR) is 90.2 cm³/mol. The number of rotatable bonds is 3. The summed E-state index contributed by atoms with van der Waals surface area (Å²) in [5.74, 6) is 0.463. The van der Waals surface area contributed by atoms with E-state index in [0.29, 0.717) is 5.92 Å². The van der Waals surface area contributed by atoms with Crippen molar-refractivity contribution in [2.75, 3.05) is 13.1 Å². The number of hydrogen-bond acceptors (Lipinski definition) is 2. The van der Waals surface area contributed by atoms with Crippen molar-refractivity contribution in [2.45, 2.75) is 32.4 Å². The summed E-state index contributed by atoms with van der Waals surface area (Å²) < 4.78 is 0. The van der Waals surface area contributed by atoms with Crippen LogP contribution >= 0.6 is 0 Å². The Balaban J connectivity index is 0.000000774. The largest absolute Gasteiger partial charge is 0.326 e. The fraction of sp³-hybridized carbons (Fsp3) is 0.368. The van der Waals surface area contributed by atoms with E-state index in [1.807, 2.05) is 13.8 Å². The molecular weight excluding hydrogens is 256 g/mol. The second-order valence-corrected chi connectivity index (χ2v) is 5.36. The summed E-state index contributed by atoms with van der Waals surface area (Å²) in [5, 5.41) is 0. The molecule has 2 atom stereocenters. The molecule has 0 aromatic heterocycles. The number of benzene rings is 2. The molecule has 2 unspecified atom stereocenters. The van der Waals surface area contributed by atoms with E-state index in [-0.39, 0.29) is 6.04 Å². The molecule has 0 aliphatic carbocycles. The fourth-order valence-corrected chi connectivity index (χ4v) is 2.94. The van der Waals surface area contributed by atoms with E-state index in [1.165, 1.54) is 11.1 Å². The second-order valence-electron chi connectivity index (χ2n) is 5.36. The van der Waals surface area contributed by atoms with Crippen LogP contribution in [0, 0.1) is 0 Å². The lowest BCUT2D eigenvalue weighted by Crippen LogP contribution is -2.28. The standard InChI is InChI=1S/C17H20N2.C2H6/c18-17-13-19(11-14-7-3-1-4-8-14)12-16(17)15-9-5-2-6-10-15;1-2/h1-10,16-17H,11-13,18H2;1-2H3. The van der Waals surface area contributed by atoms with E-state index in [9.17, 15) is 0 Å². The van der Waals surface area contributed by atoms with Crippen LogP contribution in [-0.2, 0) is 6.54 Å². The molecule has 0 radical (unpaired) electrons. The zero-order chi connectivity index (χ0) is 15.1. The maximum atomic E-state index is 6.31. The molecule has 2 aromatic rings. The zero-order valence-corrected chi connectivity index (χ0v) is 13.1. The van der Waals surface area contributed by atoms with Gasteiger partial charge in [0.05, 0.1) is 0 Å². The topological polar surface area (TPSA) is 29.3 Å². The van der Waals surface area contributed by atoms with Crippen molar-refractivity contribution in [3.63, 3.8) is 0 Å². The Kier molecular flexibility index (Phi) is 5.97. The minimum atomic E-state index is 0.242. The average molecular weight is 282 g/mol. The highest BCUT2D eigenvalue weighted by Crippen LogP contribution is 2.27. The first-order chi connectivity index (χ1) is 10.3. The Morgan fingerprint density at radius 2 is 1.48 bits per heavy atom. The minimum Gasteiger partial charge on any atom is -0.326 e. The summed E-state index contributed by atoms with van der Waals surface area (Å²) in [6, 6.07) is 21.5. The Morgan fingerprint density at radius 1 is 0.905 bits per heavy atom. The van der Waals surface area contributed by atoms with Crippen molar-refractivity contribution in [1.82, 2.24) is 4.90 Å². The molecule has 2 aromatic carbocycles. The van der Waals surface area contributed by atoms with Crippen LogP contribution in [0.2, 0.25) is 0 Å². The molecule has 2 heteroatoms. The number of hydrogen-bond donors (Lipinski definition) is 1. The average Bonchev–Trinajstić information content (AvgIpc) is 2.92. The van der Waals surface area contributed by atoms with Gasteiger partial charge in [-0.1, -0.05) is 74.5 Å². The second kappa shape index (κ2) is 7.96. The van der Waals surface area contributed by atoms with Crippen molar-refractivity contribution in [2.24, 2.45) is 5.73 Å². The minimum absolute atomic E-state index is 0.242. The van der Waals surface area contributed by atoms with E-state index in [4.69, 9.17) is 5.73 Å². The quantitative estimate of drug-likeness (QED) is 0.931. The monoisotopic (exact) mass is 282 g/mol. The van der Waals surface area contributed by atoms with Gasteiger partial charge in [0, 0.05) is 31.6 Å². The fourth-order valence-electron chi connectivity index (χ4n) is 2.94. The van der Waals surface area contributed by atoms with E-state index in [2.05, 4.69) is 65.6 Å². The third-order valence-corrected chi connectivity index (χ3v) is 3.92. The number of nitrogens with two attached hydrogens (primary N) is 1. The van der Waals surface area contributed by atoms with E-state index in [1.54, 1.807) is 0 Å². The summed E-state index contributed by atoms with van der Waals surface area (Å²) in [6.07, 6.45) is 0. The summed E-state index contributed by atoms with van der Waals surface area (Å²) in [4.78, 5) is 2.46. The van der Waals surface area contributed by atoms with Crippen molar-refractivity contribution >= 4 is 0 Å². The lowest BCUT2D eigenvalue weighted by Gasteiger charge is -2.16. The molecule has 1 aliphatic rings. The maximum absolute atomic E-state index is 6.31. The maximum Gasteiger partial charge on any atom is 0.0250 e. The first kappa shape index (κ1) is 15.7. The summed E-state index contributed by atoms with van der Waals surface area (Å²) in [6.45, 7) is 7.03. The van der Waals surface area contributed by atoms with Crippen molar-refractivity contribution < 1.29 is 0 Å². The van der Waals surface area contributed by atoms with Gasteiger partial charge < -0.3 is 5.73 Å². The van der Waals surface area contributed by atoms with Crippen LogP contribution in [0.5, 0.6) is 0 Å². The summed E-state index contributed by atoms with van der Waals surface area (Å²) in [5.41, 5.74) is 9.04. The smallest absolute Gasteiger partial charge is 0.0250 e. The number of nitrogens with zero attached hydrogens (tertiary/aromatic N) is 1. The third-order valence-electron chi connectivity index (χ3n) is 3.92. The van der Waals surface area contributed by atoms with Gasteiger partial charge in [-0.3, -0.25) is 4.90 Å². The van der Waals surface area contributed by atoms with Gasteiger partial charge >= 0.3 is 0 Å². The van der Waals surface area contributed by atoms with E-state index >= 15 is 0 Å².